The maximum Gasteiger partial charge on any atom is 0.408 e. The fourth-order valence-corrected chi connectivity index (χ4v) is 2.34. The Hall–Kier alpha value is -2.53. The summed E-state index contributed by atoms with van der Waals surface area (Å²) in [5.41, 5.74) is 1.59. The number of methoxy groups -OCH3 is 1. The molecule has 0 aromatic heterocycles. The topological polar surface area (TPSA) is 64.6 Å². The lowest BCUT2D eigenvalue weighted by Crippen LogP contribution is -2.43. The van der Waals surface area contributed by atoms with Crippen molar-refractivity contribution >= 4 is 23.7 Å². The van der Waals surface area contributed by atoms with Gasteiger partial charge in [-0.05, 0) is 17.2 Å². The third-order valence-electron chi connectivity index (χ3n) is 3.37. The first-order valence-corrected chi connectivity index (χ1v) is 7.76. The van der Waals surface area contributed by atoms with E-state index in [4.69, 9.17) is 21.1 Å². The Labute approximate surface area is 145 Å². The highest BCUT2D eigenvalue weighted by Gasteiger charge is 2.23. The molecule has 0 aliphatic carbocycles. The molecule has 0 saturated carbocycles. The molecule has 24 heavy (non-hydrogen) atoms. The van der Waals surface area contributed by atoms with Crippen LogP contribution in [0.25, 0.3) is 0 Å². The Balaban J connectivity index is 1.97. The average molecular weight is 348 g/mol. The molecule has 1 N–H and O–H groups in total. The maximum atomic E-state index is 11.9. The lowest BCUT2D eigenvalue weighted by Gasteiger charge is -2.17. The summed E-state index contributed by atoms with van der Waals surface area (Å²) in [7, 11) is 1.26. The first-order valence-electron chi connectivity index (χ1n) is 7.38. The van der Waals surface area contributed by atoms with E-state index in [1.807, 2.05) is 36.4 Å². The lowest BCUT2D eigenvalue weighted by molar-refractivity contribution is -0.143. The van der Waals surface area contributed by atoms with Crippen molar-refractivity contribution in [2.75, 3.05) is 7.11 Å². The lowest BCUT2D eigenvalue weighted by atomic mass is 10.1. The first kappa shape index (κ1) is 17.8. The Morgan fingerprint density at radius 2 is 1.75 bits per heavy atom. The summed E-state index contributed by atoms with van der Waals surface area (Å²) in [6.07, 6.45) is -0.478. The van der Waals surface area contributed by atoms with Crippen LogP contribution in [0.3, 0.4) is 0 Å². The molecule has 0 bridgehead atoms. The number of nitrogens with one attached hydrogen (secondary N) is 1. The number of carbonyl (C=O) groups excluding carboxylic acids is 2. The van der Waals surface area contributed by atoms with Crippen molar-refractivity contribution in [2.45, 2.75) is 19.1 Å². The Kier molecular flexibility index (Phi) is 6.63. The highest BCUT2D eigenvalue weighted by molar-refractivity contribution is 6.31. The second-order valence-corrected chi connectivity index (χ2v) is 5.48. The van der Waals surface area contributed by atoms with Gasteiger partial charge in [0.25, 0.3) is 0 Å². The summed E-state index contributed by atoms with van der Waals surface area (Å²) in [6, 6.07) is 15.5. The summed E-state index contributed by atoms with van der Waals surface area (Å²) in [5, 5.41) is 3.04. The number of amides is 1. The number of carbonyl (C=O) groups is 2. The van der Waals surface area contributed by atoms with Gasteiger partial charge in [0.15, 0.2) is 0 Å². The van der Waals surface area contributed by atoms with Gasteiger partial charge in [-0.2, -0.15) is 0 Å². The van der Waals surface area contributed by atoms with Crippen LogP contribution in [-0.4, -0.2) is 25.2 Å². The molecule has 0 aliphatic heterocycles. The van der Waals surface area contributed by atoms with Crippen molar-refractivity contribution < 1.29 is 19.1 Å². The number of halogens is 1. The summed E-state index contributed by atoms with van der Waals surface area (Å²) < 4.78 is 9.87. The van der Waals surface area contributed by atoms with Gasteiger partial charge in [-0.15, -0.1) is 0 Å². The van der Waals surface area contributed by atoms with Crippen LogP contribution in [-0.2, 0) is 27.3 Å². The largest absolute Gasteiger partial charge is 0.467 e. The monoisotopic (exact) mass is 347 g/mol. The van der Waals surface area contributed by atoms with E-state index in [-0.39, 0.29) is 13.0 Å². The third-order valence-corrected chi connectivity index (χ3v) is 3.74. The van der Waals surface area contributed by atoms with Gasteiger partial charge in [0.1, 0.15) is 12.6 Å². The van der Waals surface area contributed by atoms with Crippen LogP contribution in [0.5, 0.6) is 0 Å². The standard InChI is InChI=1S/C18H18ClNO4/c1-23-17(21)16(11-14-9-5-6-10-15(14)19)20-18(22)24-12-13-7-3-2-4-8-13/h2-10,16H,11-12H2,1H3,(H,20,22). The molecule has 126 valence electrons. The number of esters is 1. The summed E-state index contributed by atoms with van der Waals surface area (Å²) >= 11 is 6.10. The Morgan fingerprint density at radius 1 is 1.08 bits per heavy atom. The van der Waals surface area contributed by atoms with Crippen molar-refractivity contribution in [2.24, 2.45) is 0 Å². The summed E-state index contributed by atoms with van der Waals surface area (Å²) in [4.78, 5) is 23.9. The van der Waals surface area contributed by atoms with E-state index in [0.717, 1.165) is 11.1 Å². The van der Waals surface area contributed by atoms with E-state index in [1.165, 1.54) is 7.11 Å². The maximum absolute atomic E-state index is 11.9. The number of hydrogen-bond donors (Lipinski definition) is 1. The summed E-state index contributed by atoms with van der Waals surface area (Å²) in [5.74, 6) is -0.563. The molecule has 0 saturated heterocycles. The molecule has 0 spiro atoms. The Morgan fingerprint density at radius 3 is 2.42 bits per heavy atom. The van der Waals surface area contributed by atoms with Gasteiger partial charge in [-0.3, -0.25) is 0 Å². The van der Waals surface area contributed by atoms with Crippen molar-refractivity contribution in [1.82, 2.24) is 5.32 Å². The van der Waals surface area contributed by atoms with Crippen LogP contribution in [0, 0.1) is 0 Å². The van der Waals surface area contributed by atoms with Crippen molar-refractivity contribution in [3.63, 3.8) is 0 Å². The number of ether oxygens (including phenoxy) is 2. The highest BCUT2D eigenvalue weighted by atomic mass is 35.5. The highest BCUT2D eigenvalue weighted by Crippen LogP contribution is 2.17. The van der Waals surface area contributed by atoms with Crippen molar-refractivity contribution in [3.05, 3.63) is 70.7 Å². The van der Waals surface area contributed by atoms with Gasteiger partial charge in [-0.25, -0.2) is 9.59 Å². The zero-order valence-electron chi connectivity index (χ0n) is 13.2. The molecule has 1 amide bonds. The molecule has 2 aromatic carbocycles. The number of benzene rings is 2. The molecular weight excluding hydrogens is 330 g/mol. The van der Waals surface area contributed by atoms with Gasteiger partial charge in [-0.1, -0.05) is 60.1 Å². The number of alkyl carbamates (subject to hydrolysis) is 1. The van der Waals surface area contributed by atoms with Gasteiger partial charge in [0.05, 0.1) is 7.11 Å². The molecule has 1 unspecified atom stereocenters. The molecule has 0 aliphatic rings. The second kappa shape index (κ2) is 8.93. The fourth-order valence-electron chi connectivity index (χ4n) is 2.13. The fraction of sp³-hybridized carbons (Fsp3) is 0.222. The van der Waals surface area contributed by atoms with Crippen LogP contribution < -0.4 is 5.32 Å². The molecule has 2 aromatic rings. The zero-order valence-corrected chi connectivity index (χ0v) is 14.0. The molecule has 0 radical (unpaired) electrons. The average Bonchev–Trinajstić information content (AvgIpc) is 2.61. The van der Waals surface area contributed by atoms with E-state index < -0.39 is 18.1 Å². The van der Waals surface area contributed by atoms with E-state index in [0.29, 0.717) is 5.02 Å². The second-order valence-electron chi connectivity index (χ2n) is 5.08. The molecule has 0 fully saturated rings. The van der Waals surface area contributed by atoms with Gasteiger partial charge in [0.2, 0.25) is 0 Å². The van der Waals surface area contributed by atoms with Gasteiger partial charge >= 0.3 is 12.1 Å². The first-order chi connectivity index (χ1) is 11.6. The van der Waals surface area contributed by atoms with Crippen LogP contribution >= 0.6 is 11.6 Å². The minimum atomic E-state index is -0.877. The Bertz CT molecular complexity index is 690. The number of rotatable bonds is 6. The van der Waals surface area contributed by atoms with Crippen LogP contribution in [0.4, 0.5) is 4.79 Å². The van der Waals surface area contributed by atoms with Crippen molar-refractivity contribution in [1.29, 1.82) is 0 Å². The van der Waals surface area contributed by atoms with E-state index in [1.54, 1.807) is 18.2 Å². The minimum Gasteiger partial charge on any atom is -0.467 e. The SMILES string of the molecule is COC(=O)C(Cc1ccccc1Cl)NC(=O)OCc1ccccc1. The predicted octanol–water partition coefficient (Wildman–Crippen LogP) is 3.35. The van der Waals surface area contributed by atoms with Gasteiger partial charge in [0, 0.05) is 11.4 Å². The zero-order chi connectivity index (χ0) is 17.4. The smallest absolute Gasteiger partial charge is 0.408 e. The molecular formula is C18H18ClNO4. The van der Waals surface area contributed by atoms with Gasteiger partial charge < -0.3 is 14.8 Å². The third kappa shape index (κ3) is 5.28. The minimum absolute atomic E-state index is 0.118. The quantitative estimate of drug-likeness (QED) is 0.814. The normalized spacial score (nSPS) is 11.4. The molecule has 5 nitrogen and oxygen atoms in total. The van der Waals surface area contributed by atoms with E-state index >= 15 is 0 Å². The molecule has 6 heteroatoms. The van der Waals surface area contributed by atoms with E-state index in [2.05, 4.69) is 5.32 Å². The van der Waals surface area contributed by atoms with Crippen molar-refractivity contribution in [3.8, 4) is 0 Å². The number of hydrogen-bond acceptors (Lipinski definition) is 4. The van der Waals surface area contributed by atoms with Crippen LogP contribution in [0.2, 0.25) is 5.02 Å². The molecule has 1 atom stereocenters. The molecule has 0 heterocycles. The summed E-state index contributed by atoms with van der Waals surface area (Å²) in [6.45, 7) is 0.118. The van der Waals surface area contributed by atoms with Crippen LogP contribution in [0.1, 0.15) is 11.1 Å². The predicted molar refractivity (Wildman–Crippen MR) is 90.7 cm³/mol. The van der Waals surface area contributed by atoms with Crippen LogP contribution in [0.15, 0.2) is 54.6 Å². The van der Waals surface area contributed by atoms with E-state index in [9.17, 15) is 9.59 Å². The molecule has 2 rings (SSSR count).